The van der Waals surface area contributed by atoms with Gasteiger partial charge in [-0.15, -0.1) is 0 Å². The van der Waals surface area contributed by atoms with Crippen molar-refractivity contribution in [2.24, 2.45) is 22.9 Å². The number of hydrazone groups is 1. The number of hydrogen-bond donors (Lipinski definition) is 2. The summed E-state index contributed by atoms with van der Waals surface area (Å²) in [6.45, 7) is 0.830. The highest BCUT2D eigenvalue weighted by Gasteiger charge is 2.45. The molecule has 2 N–H and O–H groups in total. The van der Waals surface area contributed by atoms with Crippen molar-refractivity contribution in [2.45, 2.75) is 76.0 Å². The number of rotatable bonds is 13. The summed E-state index contributed by atoms with van der Waals surface area (Å²) < 4.78 is 77.5. The Morgan fingerprint density at radius 3 is 2.43 bits per heavy atom. The molecule has 5 aromatic rings. The number of piperidine rings is 1. The number of benzene rings is 3. The predicted octanol–water partition coefficient (Wildman–Crippen LogP) is 7.92. The Morgan fingerprint density at radius 1 is 0.897 bits per heavy atom. The molecule has 2 saturated carbocycles. The predicted molar refractivity (Wildman–Crippen MR) is 240 cm³/mol. The van der Waals surface area contributed by atoms with Crippen molar-refractivity contribution in [3.63, 3.8) is 0 Å². The molecule has 5 heterocycles. The lowest BCUT2D eigenvalue weighted by molar-refractivity contribution is -0.144. The summed E-state index contributed by atoms with van der Waals surface area (Å²) in [5.74, 6) is 2.05. The molecular weight excluding hydrogens is 888 g/mol. The van der Waals surface area contributed by atoms with Gasteiger partial charge in [0.15, 0.2) is 28.7 Å². The molecule has 1 saturated heterocycles. The fourth-order valence-corrected chi connectivity index (χ4v) is 9.88. The lowest BCUT2D eigenvalue weighted by atomic mass is 9.73. The van der Waals surface area contributed by atoms with Crippen LogP contribution in [0.3, 0.4) is 0 Å². The maximum absolute atomic E-state index is 14.5. The molecule has 0 unspecified atom stereocenters. The molecular formula is C49H50F3N7O9. The zero-order valence-corrected chi connectivity index (χ0v) is 37.5. The maximum Gasteiger partial charge on any atom is 0.416 e. The van der Waals surface area contributed by atoms with Gasteiger partial charge in [-0.2, -0.15) is 18.3 Å². The molecule has 3 aromatic carbocycles. The molecule has 0 bridgehead atoms. The number of carbonyl (C=O) groups is 3. The Labute approximate surface area is 389 Å². The number of aromatic nitrogens is 3. The quantitative estimate of drug-likeness (QED) is 0.117. The Kier molecular flexibility index (Phi) is 12.2. The smallest absolute Gasteiger partial charge is 0.416 e. The van der Waals surface area contributed by atoms with Gasteiger partial charge in [-0.3, -0.25) is 9.59 Å². The first-order chi connectivity index (χ1) is 33.0. The van der Waals surface area contributed by atoms with Gasteiger partial charge < -0.3 is 43.6 Å². The topological polar surface area (TPSA) is 179 Å². The average Bonchev–Trinajstić information content (AvgIpc) is 3.91. The van der Waals surface area contributed by atoms with E-state index in [4.69, 9.17) is 33.5 Å². The summed E-state index contributed by atoms with van der Waals surface area (Å²) in [5, 5.41) is 9.17. The number of carbonyl (C=O) groups excluding carboxylic acids is 3. The first kappa shape index (κ1) is 44.8. The lowest BCUT2D eigenvalue weighted by Gasteiger charge is -2.43. The van der Waals surface area contributed by atoms with E-state index in [1.807, 2.05) is 18.2 Å². The maximum atomic E-state index is 14.5. The molecule has 0 spiro atoms. The van der Waals surface area contributed by atoms with Crippen molar-refractivity contribution in [3.05, 3.63) is 83.8 Å². The molecule has 0 radical (unpaired) electrons. The minimum Gasteiger partial charge on any atom is -0.493 e. The van der Waals surface area contributed by atoms with E-state index in [2.05, 4.69) is 20.3 Å². The molecule has 68 heavy (non-hydrogen) atoms. The minimum atomic E-state index is -4.72. The van der Waals surface area contributed by atoms with Gasteiger partial charge in [-0.25, -0.2) is 19.8 Å². The average molecular weight is 938 g/mol. The third-order valence-corrected chi connectivity index (χ3v) is 13.6. The number of aromatic amines is 1. The molecule has 3 atom stereocenters. The second kappa shape index (κ2) is 18.6. The van der Waals surface area contributed by atoms with E-state index in [1.165, 1.54) is 35.6 Å². The number of likely N-dealkylation sites (tertiary alicyclic amines) is 1. The van der Waals surface area contributed by atoms with Crippen molar-refractivity contribution in [1.29, 1.82) is 0 Å². The van der Waals surface area contributed by atoms with Gasteiger partial charge in [-0.1, -0.05) is 31.0 Å². The summed E-state index contributed by atoms with van der Waals surface area (Å²) in [6.07, 6.45) is 2.72. The number of nitrogens with one attached hydrogen (secondary N) is 2. The highest BCUT2D eigenvalue weighted by molar-refractivity contribution is 6.07. The molecule has 3 fully saturated rings. The number of nitrogens with zero attached hydrogens (tertiary/aromatic N) is 5. The van der Waals surface area contributed by atoms with E-state index in [0.29, 0.717) is 70.9 Å². The van der Waals surface area contributed by atoms with Crippen LogP contribution in [0.25, 0.3) is 22.3 Å². The number of H-pyrrole nitrogens is 1. The van der Waals surface area contributed by atoms with E-state index < -0.39 is 36.2 Å². The summed E-state index contributed by atoms with van der Waals surface area (Å²) in [5.41, 5.74) is 2.04. The van der Waals surface area contributed by atoms with Crippen LogP contribution in [0.15, 0.2) is 72.2 Å². The van der Waals surface area contributed by atoms with Crippen LogP contribution < -0.4 is 33.7 Å². The molecule has 2 aliphatic carbocycles. The fourth-order valence-electron chi connectivity index (χ4n) is 9.88. The van der Waals surface area contributed by atoms with Crippen LogP contribution in [0.4, 0.5) is 18.0 Å². The summed E-state index contributed by atoms with van der Waals surface area (Å²) in [4.78, 5) is 56.0. The van der Waals surface area contributed by atoms with Crippen LogP contribution in [0.2, 0.25) is 0 Å². The number of amides is 3. The monoisotopic (exact) mass is 937 g/mol. The minimum absolute atomic E-state index is 0.00322. The van der Waals surface area contributed by atoms with Gasteiger partial charge in [0, 0.05) is 43.1 Å². The van der Waals surface area contributed by atoms with Gasteiger partial charge >= 0.3 is 12.3 Å². The first-order valence-electron chi connectivity index (χ1n) is 22.9. The zero-order chi connectivity index (χ0) is 47.1. The van der Waals surface area contributed by atoms with Crippen molar-refractivity contribution in [1.82, 2.24) is 30.2 Å². The largest absolute Gasteiger partial charge is 0.493 e. The number of hydrogen-bond acceptors (Lipinski definition) is 12. The van der Waals surface area contributed by atoms with E-state index in [0.717, 1.165) is 55.9 Å². The number of ether oxygens (including phenoxy) is 6. The third-order valence-electron chi connectivity index (χ3n) is 13.6. The highest BCUT2D eigenvalue weighted by Crippen LogP contribution is 2.49. The number of alkyl halides is 3. The van der Waals surface area contributed by atoms with Crippen LogP contribution in [-0.4, -0.2) is 101 Å². The number of methoxy groups -OCH3 is 2. The molecule has 3 aliphatic heterocycles. The van der Waals surface area contributed by atoms with E-state index in [9.17, 15) is 27.6 Å². The highest BCUT2D eigenvalue weighted by atomic mass is 19.4. The Hall–Kier alpha value is -7.05. The lowest BCUT2D eigenvalue weighted by Crippen LogP contribution is -2.56. The number of halogens is 3. The first-order valence-corrected chi connectivity index (χ1v) is 22.9. The summed E-state index contributed by atoms with van der Waals surface area (Å²) >= 11 is 0. The Bertz CT molecular complexity index is 2770. The summed E-state index contributed by atoms with van der Waals surface area (Å²) in [6, 6.07) is 12.3. The second-order valence-corrected chi connectivity index (χ2v) is 17.8. The third kappa shape index (κ3) is 8.80. The van der Waals surface area contributed by atoms with E-state index in [1.54, 1.807) is 31.4 Å². The van der Waals surface area contributed by atoms with Crippen LogP contribution >= 0.6 is 0 Å². The van der Waals surface area contributed by atoms with Crippen LogP contribution in [0, 0.1) is 17.8 Å². The second-order valence-electron chi connectivity index (χ2n) is 17.8. The standard InChI is InChI=1S/C49H50F3N7O9/c1-63-35-14-13-29(22-38(35)64-2)41-31-8-4-5-9-32(31)46(60)59(57-41)30-17-19-58(20-18-30)47(61)34(21-28-7-3-6-10-33(28)49(50,51)52)56-48(62)68-39-23-53-44-42(39)54-25-55-43(44)40-36(65-24-27-11-12-27)15-16-37-45(40)67-26-66-37/h3,6-7,10,13-16,22-23,25,27,30-32,34,53H,4-5,8-9,11-12,17-21,24,26H2,1-2H3,(H,56,62)/t31-,32+,34+/m0/s1. The van der Waals surface area contributed by atoms with Crippen LogP contribution in [0.5, 0.6) is 34.5 Å². The molecule has 3 amide bonds. The van der Waals surface area contributed by atoms with Gasteiger partial charge in [0.25, 0.3) is 0 Å². The molecule has 5 aliphatic rings. The van der Waals surface area contributed by atoms with Crippen molar-refractivity contribution < 1.29 is 56.0 Å². The Balaban J connectivity index is 0.889. The SMILES string of the molecule is COc1ccc(C2=NN(C3CCN(C(=O)[C@@H](Cc4ccccc4C(F)(F)F)NC(=O)Oc4c[nH]c5c(-c6c(OCC7CC7)ccc7c6OCO7)ncnc45)CC3)C(=O)[C@@H]3CCCC[C@H]23)cc1OC. The Morgan fingerprint density at radius 2 is 1.66 bits per heavy atom. The fraction of sp³-hybridized carbons (Fsp3) is 0.429. The van der Waals surface area contributed by atoms with Gasteiger partial charge in [-0.05, 0) is 86.4 Å². The van der Waals surface area contributed by atoms with Gasteiger partial charge in [0.1, 0.15) is 29.3 Å². The summed E-state index contributed by atoms with van der Waals surface area (Å²) in [7, 11) is 3.13. The molecule has 2 aromatic heterocycles. The molecule has 19 heteroatoms. The van der Waals surface area contributed by atoms with Gasteiger partial charge in [0.2, 0.25) is 18.6 Å². The normalized spacial score (nSPS) is 19.8. The van der Waals surface area contributed by atoms with E-state index in [-0.39, 0.29) is 60.5 Å². The van der Waals surface area contributed by atoms with Crippen molar-refractivity contribution in [3.8, 4) is 45.8 Å². The van der Waals surface area contributed by atoms with Crippen LogP contribution in [0.1, 0.15) is 68.1 Å². The zero-order valence-electron chi connectivity index (χ0n) is 37.5. The van der Waals surface area contributed by atoms with E-state index >= 15 is 0 Å². The molecule has 356 valence electrons. The van der Waals surface area contributed by atoms with Crippen LogP contribution in [-0.2, 0) is 22.2 Å². The molecule has 10 rings (SSSR count). The van der Waals surface area contributed by atoms with Gasteiger partial charge in [0.05, 0.1) is 49.2 Å². The number of fused-ring (bicyclic) bond motifs is 3. The van der Waals surface area contributed by atoms with Crippen molar-refractivity contribution in [2.75, 3.05) is 40.7 Å². The molecule has 16 nitrogen and oxygen atoms in total. The van der Waals surface area contributed by atoms with Crippen molar-refractivity contribution >= 4 is 34.7 Å².